The van der Waals surface area contributed by atoms with E-state index in [0.29, 0.717) is 15.8 Å². The molecule has 2 heterocycles. The molecule has 7 nitrogen and oxygen atoms in total. The summed E-state index contributed by atoms with van der Waals surface area (Å²) in [6.45, 7) is 4.34. The predicted octanol–water partition coefficient (Wildman–Crippen LogP) is 7.37. The number of hydrogen-bond acceptors (Lipinski definition) is 5. The number of rotatable bonds is 7. The summed E-state index contributed by atoms with van der Waals surface area (Å²) in [5.41, 5.74) is 5.75. The number of aromatic nitrogens is 1. The van der Waals surface area contributed by atoms with Gasteiger partial charge in [-0.2, -0.15) is 0 Å². The topological polar surface area (TPSA) is 84.1 Å². The Morgan fingerprint density at radius 1 is 1.05 bits per heavy atom. The molecule has 1 aliphatic heterocycles. The van der Waals surface area contributed by atoms with Crippen molar-refractivity contribution in [3.63, 3.8) is 0 Å². The average molecular weight is 617 g/mol. The fourth-order valence-corrected chi connectivity index (χ4v) is 5.90. The van der Waals surface area contributed by atoms with Gasteiger partial charge in [-0.05, 0) is 103 Å². The monoisotopic (exact) mass is 615 g/mol. The first-order chi connectivity index (χ1) is 19.2. The Balaban J connectivity index is 1.51. The Labute approximate surface area is 244 Å². The molecule has 0 spiro atoms. The van der Waals surface area contributed by atoms with Crippen LogP contribution in [-0.4, -0.2) is 38.7 Å². The van der Waals surface area contributed by atoms with Crippen LogP contribution in [-0.2, 0) is 11.3 Å². The largest absolute Gasteiger partial charge is 0.497 e. The normalized spacial score (nSPS) is 15.3. The Bertz CT molecular complexity index is 1660. The van der Waals surface area contributed by atoms with E-state index in [-0.39, 0.29) is 18.0 Å². The smallest absolute Gasteiger partial charge is 0.335 e. The second-order valence-corrected chi connectivity index (χ2v) is 11.2. The fourth-order valence-electron chi connectivity index (χ4n) is 4.52. The van der Waals surface area contributed by atoms with Crippen LogP contribution in [0.1, 0.15) is 32.9 Å². The van der Waals surface area contributed by atoms with E-state index in [1.165, 1.54) is 11.8 Å². The van der Waals surface area contributed by atoms with E-state index in [0.717, 1.165) is 38.4 Å². The molecule has 1 fully saturated rings. The van der Waals surface area contributed by atoms with E-state index >= 15 is 0 Å². The maximum absolute atomic E-state index is 13.7. The van der Waals surface area contributed by atoms with Gasteiger partial charge in [0.2, 0.25) is 0 Å². The van der Waals surface area contributed by atoms with Crippen molar-refractivity contribution in [1.29, 1.82) is 0 Å². The summed E-state index contributed by atoms with van der Waals surface area (Å²) in [6.07, 6.45) is 1.92. The van der Waals surface area contributed by atoms with Crippen molar-refractivity contribution in [2.24, 2.45) is 4.99 Å². The number of carbonyl (C=O) groups is 2. The molecule has 0 aliphatic carbocycles. The van der Waals surface area contributed by atoms with Crippen molar-refractivity contribution in [3.8, 4) is 11.4 Å². The van der Waals surface area contributed by atoms with Gasteiger partial charge in [-0.1, -0.05) is 34.1 Å². The summed E-state index contributed by atoms with van der Waals surface area (Å²) < 4.78 is 8.41. The lowest BCUT2D eigenvalue weighted by atomic mass is 10.1. The molecule has 0 saturated carbocycles. The van der Waals surface area contributed by atoms with Crippen LogP contribution in [0.5, 0.6) is 5.75 Å². The van der Waals surface area contributed by atoms with Crippen LogP contribution in [0.15, 0.2) is 93.2 Å². The highest BCUT2D eigenvalue weighted by atomic mass is 79.9. The highest BCUT2D eigenvalue weighted by Crippen LogP contribution is 2.36. The molecule has 9 heteroatoms. The Morgan fingerprint density at radius 3 is 2.42 bits per heavy atom. The van der Waals surface area contributed by atoms with Crippen LogP contribution >= 0.6 is 27.7 Å². The van der Waals surface area contributed by atoms with Crippen LogP contribution in [0, 0.1) is 13.8 Å². The summed E-state index contributed by atoms with van der Waals surface area (Å²) in [5.74, 6) is -0.436. The van der Waals surface area contributed by atoms with Crippen molar-refractivity contribution < 1.29 is 19.4 Å². The molecule has 202 valence electrons. The highest BCUT2D eigenvalue weighted by Gasteiger charge is 2.34. The molecule has 5 rings (SSSR count). The number of aryl methyl sites for hydroxylation is 1. The number of ether oxygens (including phenoxy) is 1. The summed E-state index contributed by atoms with van der Waals surface area (Å²) in [4.78, 5) is 32.0. The van der Waals surface area contributed by atoms with Crippen LogP contribution in [0.3, 0.4) is 0 Å². The zero-order valence-corrected chi connectivity index (χ0v) is 24.5. The molecule has 1 saturated heterocycles. The second-order valence-electron chi connectivity index (χ2n) is 9.24. The molecule has 0 radical (unpaired) electrons. The summed E-state index contributed by atoms with van der Waals surface area (Å²) in [6, 6.07) is 24.0. The van der Waals surface area contributed by atoms with Gasteiger partial charge in [0.1, 0.15) is 5.75 Å². The van der Waals surface area contributed by atoms with Gasteiger partial charge in [-0.3, -0.25) is 9.69 Å². The van der Waals surface area contributed by atoms with Gasteiger partial charge in [0, 0.05) is 21.5 Å². The van der Waals surface area contributed by atoms with Gasteiger partial charge in [0.15, 0.2) is 5.17 Å². The number of methoxy groups -OCH3 is 1. The zero-order chi connectivity index (χ0) is 28.4. The number of carbonyl (C=O) groups excluding carboxylic acids is 1. The van der Waals surface area contributed by atoms with Gasteiger partial charge < -0.3 is 14.4 Å². The number of hydrogen-bond donors (Lipinski definition) is 1. The number of amides is 1. The molecule has 0 bridgehead atoms. The molecule has 4 aromatic rings. The van der Waals surface area contributed by atoms with Crippen molar-refractivity contribution in [3.05, 3.63) is 116 Å². The minimum Gasteiger partial charge on any atom is -0.497 e. The molecule has 1 aromatic heterocycles. The molecular formula is C31H26BrN3O4S. The third kappa shape index (κ3) is 5.76. The number of thioether (sulfide) groups is 1. The quantitative estimate of drug-likeness (QED) is 0.219. The van der Waals surface area contributed by atoms with E-state index in [9.17, 15) is 14.7 Å². The molecule has 0 atom stereocenters. The molecule has 1 aliphatic rings. The lowest BCUT2D eigenvalue weighted by molar-refractivity contribution is -0.122. The number of nitrogens with zero attached hydrogens (tertiary/aromatic N) is 3. The van der Waals surface area contributed by atoms with E-state index < -0.39 is 5.97 Å². The molecule has 1 N–H and O–H groups in total. The average Bonchev–Trinajstić information content (AvgIpc) is 3.38. The van der Waals surface area contributed by atoms with Gasteiger partial charge in [-0.15, -0.1) is 0 Å². The van der Waals surface area contributed by atoms with E-state index in [1.54, 1.807) is 36.3 Å². The molecular weight excluding hydrogens is 590 g/mol. The number of aromatic carboxylic acids is 1. The Hall–Kier alpha value is -4.08. The molecule has 40 heavy (non-hydrogen) atoms. The summed E-state index contributed by atoms with van der Waals surface area (Å²) >= 11 is 4.87. The molecule has 1 amide bonds. The van der Waals surface area contributed by atoms with Crippen LogP contribution in [0.4, 0.5) is 5.69 Å². The van der Waals surface area contributed by atoms with Crippen molar-refractivity contribution in [2.45, 2.75) is 20.4 Å². The first-order valence-electron chi connectivity index (χ1n) is 12.4. The maximum atomic E-state index is 13.7. The number of carboxylic acids is 1. The standard InChI is InChI=1S/C31H26BrN3O4S/c1-19-15-23(20(2)35(19)26-6-4-5-24(32)17-26)16-28-29(36)34(18-21-7-9-22(10-8-21)30(37)38)31(40-28)33-25-11-13-27(39-3)14-12-25/h4-17H,18H2,1-3H3,(H,37,38)/b28-16-,33-31?. The van der Waals surface area contributed by atoms with Gasteiger partial charge in [0.05, 0.1) is 29.8 Å². The molecule has 0 unspecified atom stereocenters. The summed E-state index contributed by atoms with van der Waals surface area (Å²) in [5, 5.41) is 9.79. The molecule has 3 aromatic carbocycles. The minimum absolute atomic E-state index is 0.160. The number of halogens is 1. The Kier molecular flexibility index (Phi) is 7.95. The SMILES string of the molecule is COc1ccc(N=C2S/C(=C\c3cc(C)n(-c4cccc(Br)c4)c3C)C(=O)N2Cc2ccc(C(=O)O)cc2)cc1. The van der Waals surface area contributed by atoms with Gasteiger partial charge >= 0.3 is 5.97 Å². The van der Waals surface area contributed by atoms with Crippen molar-refractivity contribution in [2.75, 3.05) is 7.11 Å². The van der Waals surface area contributed by atoms with Crippen molar-refractivity contribution >= 4 is 56.5 Å². The van der Waals surface area contributed by atoms with Gasteiger partial charge in [0.25, 0.3) is 5.91 Å². The number of aliphatic imine (C=N–C) groups is 1. The van der Waals surface area contributed by atoms with E-state index in [1.807, 2.05) is 62.4 Å². The number of benzene rings is 3. The Morgan fingerprint density at radius 2 is 1.77 bits per heavy atom. The highest BCUT2D eigenvalue weighted by molar-refractivity contribution is 9.10. The minimum atomic E-state index is -0.994. The van der Waals surface area contributed by atoms with Crippen LogP contribution in [0.25, 0.3) is 11.8 Å². The number of carboxylic acid groups (broad SMARTS) is 1. The summed E-state index contributed by atoms with van der Waals surface area (Å²) in [7, 11) is 1.61. The van der Waals surface area contributed by atoms with Crippen LogP contribution < -0.4 is 4.74 Å². The third-order valence-electron chi connectivity index (χ3n) is 6.55. The third-order valence-corrected chi connectivity index (χ3v) is 8.05. The number of amidine groups is 1. The van der Waals surface area contributed by atoms with Crippen LogP contribution in [0.2, 0.25) is 0 Å². The van der Waals surface area contributed by atoms with Crippen molar-refractivity contribution in [1.82, 2.24) is 9.47 Å². The van der Waals surface area contributed by atoms with E-state index in [4.69, 9.17) is 9.73 Å². The van der Waals surface area contributed by atoms with Gasteiger partial charge in [-0.25, -0.2) is 9.79 Å². The fraction of sp³-hybridized carbons (Fsp3) is 0.129. The first kappa shape index (κ1) is 27.5. The first-order valence-corrected chi connectivity index (χ1v) is 14.1. The lowest BCUT2D eigenvalue weighted by Gasteiger charge is -2.16. The second kappa shape index (κ2) is 11.6. The predicted molar refractivity (Wildman–Crippen MR) is 163 cm³/mol. The maximum Gasteiger partial charge on any atom is 0.335 e. The lowest BCUT2D eigenvalue weighted by Crippen LogP contribution is -2.28. The zero-order valence-electron chi connectivity index (χ0n) is 22.1. The van der Waals surface area contributed by atoms with E-state index in [2.05, 4.69) is 32.6 Å².